The van der Waals surface area contributed by atoms with Crippen LogP contribution in [0.25, 0.3) is 0 Å². The number of carbonyl (C=O) groups excluding carboxylic acids is 1. The third kappa shape index (κ3) is 4.90. The molecule has 1 atom stereocenters. The lowest BCUT2D eigenvalue weighted by Gasteiger charge is -2.33. The van der Waals surface area contributed by atoms with Crippen LogP contribution in [0.3, 0.4) is 0 Å². The molecule has 1 aliphatic rings. The molecule has 0 N–H and O–H groups in total. The van der Waals surface area contributed by atoms with E-state index in [-0.39, 0.29) is 5.91 Å². The lowest BCUT2D eigenvalue weighted by molar-refractivity contribution is -0.132. The highest BCUT2D eigenvalue weighted by Crippen LogP contribution is 2.23. The molecule has 120 valence electrons. The number of ether oxygens (including phenoxy) is 1. The molecule has 0 aromatic heterocycles. The number of rotatable bonds is 7. The minimum absolute atomic E-state index is 0.283. The van der Waals surface area contributed by atoms with Crippen LogP contribution < -0.4 is 4.74 Å². The molecule has 1 amide bonds. The van der Waals surface area contributed by atoms with Crippen molar-refractivity contribution < 1.29 is 9.53 Å². The summed E-state index contributed by atoms with van der Waals surface area (Å²) in [6, 6.07) is 8.28. The van der Waals surface area contributed by atoms with Gasteiger partial charge in [-0.1, -0.05) is 18.2 Å². The zero-order chi connectivity index (χ0) is 15.8. The fourth-order valence-corrected chi connectivity index (χ4v) is 3.11. The SMILES string of the molecule is C=CCCC(=O)N1CCC[C@H](CCc2cccc(OC)c2)C1. The number of carbonyl (C=O) groups is 1. The maximum absolute atomic E-state index is 12.1. The number of hydrogen-bond acceptors (Lipinski definition) is 2. The van der Waals surface area contributed by atoms with E-state index in [4.69, 9.17) is 4.74 Å². The number of amides is 1. The summed E-state index contributed by atoms with van der Waals surface area (Å²) in [5, 5.41) is 0. The Kier molecular flexibility index (Phi) is 6.50. The molecule has 1 fully saturated rings. The lowest BCUT2D eigenvalue weighted by Crippen LogP contribution is -2.39. The highest BCUT2D eigenvalue weighted by atomic mass is 16.5. The van der Waals surface area contributed by atoms with Crippen LogP contribution >= 0.6 is 0 Å². The first-order valence-corrected chi connectivity index (χ1v) is 8.24. The maximum atomic E-state index is 12.1. The van der Waals surface area contributed by atoms with Gasteiger partial charge in [0.05, 0.1) is 7.11 Å². The molecule has 0 radical (unpaired) electrons. The number of nitrogens with zero attached hydrogens (tertiary/aromatic N) is 1. The van der Waals surface area contributed by atoms with Gasteiger partial charge in [-0.15, -0.1) is 6.58 Å². The van der Waals surface area contributed by atoms with E-state index < -0.39 is 0 Å². The van der Waals surface area contributed by atoms with E-state index in [2.05, 4.69) is 18.7 Å². The number of piperidine rings is 1. The predicted molar refractivity (Wildman–Crippen MR) is 90.1 cm³/mol. The fraction of sp³-hybridized carbons (Fsp3) is 0.526. The molecule has 1 aliphatic heterocycles. The van der Waals surface area contributed by atoms with Crippen LogP contribution in [-0.2, 0) is 11.2 Å². The molecule has 0 bridgehead atoms. The first kappa shape index (κ1) is 16.6. The average molecular weight is 301 g/mol. The molecule has 1 aromatic rings. The van der Waals surface area contributed by atoms with Crippen LogP contribution in [0.4, 0.5) is 0 Å². The molecule has 3 heteroatoms. The van der Waals surface area contributed by atoms with Crippen molar-refractivity contribution in [3.63, 3.8) is 0 Å². The van der Waals surface area contributed by atoms with Crippen LogP contribution in [0.2, 0.25) is 0 Å². The van der Waals surface area contributed by atoms with Crippen molar-refractivity contribution in [1.82, 2.24) is 4.90 Å². The average Bonchev–Trinajstić information content (AvgIpc) is 2.58. The van der Waals surface area contributed by atoms with Crippen molar-refractivity contribution >= 4 is 5.91 Å². The third-order valence-electron chi connectivity index (χ3n) is 4.41. The maximum Gasteiger partial charge on any atom is 0.222 e. The number of hydrogen-bond donors (Lipinski definition) is 0. The summed E-state index contributed by atoms with van der Waals surface area (Å²) in [7, 11) is 1.70. The molecule has 2 rings (SSSR count). The minimum atomic E-state index is 0.283. The molecule has 3 nitrogen and oxygen atoms in total. The Labute approximate surface area is 134 Å². The molecule has 0 unspecified atom stereocenters. The van der Waals surface area contributed by atoms with Gasteiger partial charge in [-0.05, 0) is 55.7 Å². The van der Waals surface area contributed by atoms with Crippen LogP contribution in [0.5, 0.6) is 5.75 Å². The smallest absolute Gasteiger partial charge is 0.222 e. The quantitative estimate of drug-likeness (QED) is 0.716. The third-order valence-corrected chi connectivity index (χ3v) is 4.41. The molecule has 1 saturated heterocycles. The van der Waals surface area contributed by atoms with Crippen LogP contribution in [-0.4, -0.2) is 31.0 Å². The van der Waals surface area contributed by atoms with E-state index >= 15 is 0 Å². The number of aryl methyl sites for hydroxylation is 1. The molecular weight excluding hydrogens is 274 g/mol. The van der Waals surface area contributed by atoms with E-state index in [0.717, 1.165) is 44.5 Å². The Morgan fingerprint density at radius 1 is 1.50 bits per heavy atom. The summed E-state index contributed by atoms with van der Waals surface area (Å²) in [5.74, 6) is 1.82. The summed E-state index contributed by atoms with van der Waals surface area (Å²) < 4.78 is 5.27. The lowest BCUT2D eigenvalue weighted by atomic mass is 9.91. The van der Waals surface area contributed by atoms with E-state index in [1.54, 1.807) is 7.11 Å². The van der Waals surface area contributed by atoms with Crippen molar-refractivity contribution in [2.24, 2.45) is 5.92 Å². The van der Waals surface area contributed by atoms with E-state index in [9.17, 15) is 4.79 Å². The Bertz CT molecular complexity index is 498. The molecule has 0 saturated carbocycles. The van der Waals surface area contributed by atoms with Crippen molar-refractivity contribution in [3.05, 3.63) is 42.5 Å². The van der Waals surface area contributed by atoms with Gasteiger partial charge in [0.15, 0.2) is 0 Å². The summed E-state index contributed by atoms with van der Waals surface area (Å²) in [5.41, 5.74) is 1.31. The highest BCUT2D eigenvalue weighted by molar-refractivity contribution is 5.76. The molecule has 22 heavy (non-hydrogen) atoms. The second-order valence-electron chi connectivity index (χ2n) is 6.07. The monoisotopic (exact) mass is 301 g/mol. The Morgan fingerprint density at radius 3 is 3.14 bits per heavy atom. The predicted octanol–water partition coefficient (Wildman–Crippen LogP) is 3.83. The van der Waals surface area contributed by atoms with Crippen LogP contribution in [0, 0.1) is 5.92 Å². The summed E-state index contributed by atoms with van der Waals surface area (Å²) in [6.07, 6.45) is 7.75. The second kappa shape index (κ2) is 8.62. The van der Waals surface area contributed by atoms with E-state index in [1.807, 2.05) is 23.1 Å². The Balaban J connectivity index is 1.82. The number of methoxy groups -OCH3 is 1. The highest BCUT2D eigenvalue weighted by Gasteiger charge is 2.22. The molecule has 0 aliphatic carbocycles. The van der Waals surface area contributed by atoms with Gasteiger partial charge in [0, 0.05) is 19.5 Å². The van der Waals surface area contributed by atoms with Crippen molar-refractivity contribution in [1.29, 1.82) is 0 Å². The summed E-state index contributed by atoms with van der Waals surface area (Å²) in [6.45, 7) is 5.53. The van der Waals surface area contributed by atoms with Gasteiger partial charge in [-0.25, -0.2) is 0 Å². The van der Waals surface area contributed by atoms with Gasteiger partial charge in [0.2, 0.25) is 5.91 Å². The number of likely N-dealkylation sites (tertiary alicyclic amines) is 1. The fourth-order valence-electron chi connectivity index (χ4n) is 3.11. The zero-order valence-electron chi connectivity index (χ0n) is 13.6. The standard InChI is InChI=1S/C19H27NO2/c1-3-4-10-19(21)20-13-6-8-17(15-20)12-11-16-7-5-9-18(14-16)22-2/h3,5,7,9,14,17H,1,4,6,8,10-13,15H2,2H3/t17-/m1/s1. The van der Waals surface area contributed by atoms with Gasteiger partial charge in [-0.2, -0.15) is 0 Å². The van der Waals surface area contributed by atoms with Gasteiger partial charge in [-0.3, -0.25) is 4.79 Å². The topological polar surface area (TPSA) is 29.5 Å². The van der Waals surface area contributed by atoms with E-state index in [0.29, 0.717) is 12.3 Å². The van der Waals surface area contributed by atoms with Crippen molar-refractivity contribution in [2.45, 2.75) is 38.5 Å². The molecule has 1 heterocycles. The Morgan fingerprint density at radius 2 is 2.36 bits per heavy atom. The van der Waals surface area contributed by atoms with Gasteiger partial charge >= 0.3 is 0 Å². The van der Waals surface area contributed by atoms with Crippen LogP contribution in [0.15, 0.2) is 36.9 Å². The largest absolute Gasteiger partial charge is 0.497 e. The van der Waals surface area contributed by atoms with E-state index in [1.165, 1.54) is 12.0 Å². The summed E-state index contributed by atoms with van der Waals surface area (Å²) in [4.78, 5) is 14.2. The van der Waals surface area contributed by atoms with Gasteiger partial charge < -0.3 is 9.64 Å². The Hall–Kier alpha value is -1.77. The van der Waals surface area contributed by atoms with Crippen molar-refractivity contribution in [2.75, 3.05) is 20.2 Å². The summed E-state index contributed by atoms with van der Waals surface area (Å²) >= 11 is 0. The second-order valence-corrected chi connectivity index (χ2v) is 6.07. The van der Waals surface area contributed by atoms with Gasteiger partial charge in [0.25, 0.3) is 0 Å². The molecule has 1 aromatic carbocycles. The normalized spacial score (nSPS) is 18.0. The minimum Gasteiger partial charge on any atom is -0.497 e. The van der Waals surface area contributed by atoms with Crippen LogP contribution in [0.1, 0.15) is 37.7 Å². The number of allylic oxidation sites excluding steroid dienone is 1. The first-order valence-electron chi connectivity index (χ1n) is 8.24. The van der Waals surface area contributed by atoms with Crippen molar-refractivity contribution in [3.8, 4) is 5.75 Å². The first-order chi connectivity index (χ1) is 10.7. The molecular formula is C19H27NO2. The zero-order valence-corrected chi connectivity index (χ0v) is 13.6. The van der Waals surface area contributed by atoms with Gasteiger partial charge in [0.1, 0.15) is 5.75 Å². The number of benzene rings is 1. The molecule has 0 spiro atoms.